The van der Waals surface area contributed by atoms with Crippen LogP contribution in [0, 0.1) is 0 Å². The van der Waals surface area contributed by atoms with Gasteiger partial charge in [-0.25, -0.2) is 0 Å². The lowest BCUT2D eigenvalue weighted by Crippen LogP contribution is -2.45. The fourth-order valence-corrected chi connectivity index (χ4v) is 5.03. The van der Waals surface area contributed by atoms with Gasteiger partial charge in [0, 0.05) is 55.4 Å². The molecule has 1 fully saturated rings. The second kappa shape index (κ2) is 11.3. The lowest BCUT2D eigenvalue weighted by Gasteiger charge is -2.36. The van der Waals surface area contributed by atoms with E-state index in [4.69, 9.17) is 4.74 Å². The zero-order valence-corrected chi connectivity index (χ0v) is 20.4. The van der Waals surface area contributed by atoms with E-state index in [9.17, 15) is 4.79 Å². The summed E-state index contributed by atoms with van der Waals surface area (Å²) in [7, 11) is 0. The van der Waals surface area contributed by atoms with Gasteiger partial charge < -0.3 is 15.0 Å². The highest BCUT2D eigenvalue weighted by molar-refractivity contribution is 7.10. The smallest absolute Gasteiger partial charge is 0.251 e. The molecule has 0 bridgehead atoms. The van der Waals surface area contributed by atoms with E-state index < -0.39 is 0 Å². The molecule has 1 aromatic heterocycles. The van der Waals surface area contributed by atoms with E-state index in [0.717, 1.165) is 50.5 Å². The first kappa shape index (κ1) is 23.3. The number of nitrogens with zero attached hydrogens (tertiary/aromatic N) is 2. The number of piperazine rings is 1. The van der Waals surface area contributed by atoms with Gasteiger partial charge in [-0.05, 0) is 72.3 Å². The molecule has 1 amide bonds. The average molecular weight is 464 g/mol. The van der Waals surface area contributed by atoms with Crippen LogP contribution in [0.5, 0.6) is 5.75 Å². The molecule has 2 aromatic carbocycles. The third-order valence-electron chi connectivity index (χ3n) is 5.91. The highest BCUT2D eigenvalue weighted by Crippen LogP contribution is 2.29. The number of hydrogen-bond donors (Lipinski definition) is 1. The lowest BCUT2D eigenvalue weighted by molar-refractivity contribution is 0.0953. The Labute approximate surface area is 201 Å². The molecule has 0 radical (unpaired) electrons. The van der Waals surface area contributed by atoms with E-state index in [1.54, 1.807) is 0 Å². The number of benzene rings is 2. The number of rotatable bonds is 9. The van der Waals surface area contributed by atoms with Crippen molar-refractivity contribution in [2.75, 3.05) is 44.2 Å². The van der Waals surface area contributed by atoms with Crippen LogP contribution in [0.3, 0.4) is 0 Å². The third-order valence-corrected chi connectivity index (χ3v) is 6.84. The van der Waals surface area contributed by atoms with Gasteiger partial charge in [-0.15, -0.1) is 11.3 Å². The molecule has 2 heterocycles. The van der Waals surface area contributed by atoms with Crippen molar-refractivity contribution in [3.8, 4) is 16.9 Å². The van der Waals surface area contributed by atoms with Gasteiger partial charge in [-0.1, -0.05) is 19.1 Å². The molecule has 4 rings (SSSR count). The fourth-order valence-electron chi connectivity index (χ4n) is 4.10. The molecular formula is C27H33N3O2S. The van der Waals surface area contributed by atoms with Gasteiger partial charge in [0.15, 0.2) is 0 Å². The Bertz CT molecular complexity index is 1040. The zero-order valence-electron chi connectivity index (χ0n) is 19.5. The van der Waals surface area contributed by atoms with Gasteiger partial charge in [0.1, 0.15) is 5.75 Å². The van der Waals surface area contributed by atoms with Gasteiger partial charge in [0.05, 0.1) is 6.61 Å². The van der Waals surface area contributed by atoms with E-state index in [-0.39, 0.29) is 5.91 Å². The molecule has 0 saturated carbocycles. The molecule has 0 unspecified atom stereocenters. The summed E-state index contributed by atoms with van der Waals surface area (Å²) in [5.41, 5.74) is 4.39. The number of amides is 1. The van der Waals surface area contributed by atoms with Crippen LogP contribution in [0.2, 0.25) is 0 Å². The van der Waals surface area contributed by atoms with Crippen LogP contribution >= 0.6 is 11.3 Å². The Hall–Kier alpha value is -2.83. The van der Waals surface area contributed by atoms with Gasteiger partial charge >= 0.3 is 0 Å². The third kappa shape index (κ3) is 6.15. The number of hydrogen-bond acceptors (Lipinski definition) is 5. The SMILES string of the molecule is CCCNC(=O)c1ccc(N2CCN(Cc3cc(-c4cccc(OCC)c4)cs3)CC2)cc1. The summed E-state index contributed by atoms with van der Waals surface area (Å²) >= 11 is 1.83. The van der Waals surface area contributed by atoms with Crippen LogP contribution in [-0.4, -0.2) is 50.1 Å². The number of thiophene rings is 1. The van der Waals surface area contributed by atoms with Crippen molar-refractivity contribution in [3.63, 3.8) is 0 Å². The molecule has 33 heavy (non-hydrogen) atoms. The van der Waals surface area contributed by atoms with Gasteiger partial charge in [-0.3, -0.25) is 9.69 Å². The van der Waals surface area contributed by atoms with Crippen molar-refractivity contribution in [2.24, 2.45) is 0 Å². The first-order valence-electron chi connectivity index (χ1n) is 11.8. The summed E-state index contributed by atoms with van der Waals surface area (Å²) in [6.07, 6.45) is 0.946. The van der Waals surface area contributed by atoms with Crippen molar-refractivity contribution >= 4 is 22.9 Å². The van der Waals surface area contributed by atoms with Crippen LogP contribution in [0.15, 0.2) is 60.0 Å². The number of anilines is 1. The Balaban J connectivity index is 1.29. The van der Waals surface area contributed by atoms with Crippen molar-refractivity contribution < 1.29 is 9.53 Å². The Morgan fingerprint density at radius 2 is 1.79 bits per heavy atom. The van der Waals surface area contributed by atoms with Gasteiger partial charge in [0.25, 0.3) is 5.91 Å². The van der Waals surface area contributed by atoms with Crippen LogP contribution in [0.1, 0.15) is 35.5 Å². The molecule has 3 aromatic rings. The molecule has 1 saturated heterocycles. The van der Waals surface area contributed by atoms with Crippen molar-refractivity contribution in [3.05, 3.63) is 70.4 Å². The number of carbonyl (C=O) groups is 1. The minimum Gasteiger partial charge on any atom is -0.494 e. The Kier molecular flexibility index (Phi) is 8.02. The van der Waals surface area contributed by atoms with Crippen molar-refractivity contribution in [1.82, 2.24) is 10.2 Å². The maximum absolute atomic E-state index is 12.1. The Morgan fingerprint density at radius 3 is 2.52 bits per heavy atom. The monoisotopic (exact) mass is 463 g/mol. The second-order valence-electron chi connectivity index (χ2n) is 8.33. The van der Waals surface area contributed by atoms with E-state index in [0.29, 0.717) is 13.2 Å². The largest absolute Gasteiger partial charge is 0.494 e. The summed E-state index contributed by atoms with van der Waals surface area (Å²) in [4.78, 5) is 18.4. The lowest BCUT2D eigenvalue weighted by atomic mass is 10.1. The summed E-state index contributed by atoms with van der Waals surface area (Å²) in [5.74, 6) is 0.932. The van der Waals surface area contributed by atoms with Crippen LogP contribution < -0.4 is 15.0 Å². The molecule has 5 nitrogen and oxygen atoms in total. The van der Waals surface area contributed by atoms with E-state index in [1.807, 2.05) is 36.5 Å². The minimum atomic E-state index is 0.00755. The van der Waals surface area contributed by atoms with Gasteiger partial charge in [-0.2, -0.15) is 0 Å². The summed E-state index contributed by atoms with van der Waals surface area (Å²) < 4.78 is 5.65. The predicted molar refractivity (Wildman–Crippen MR) is 137 cm³/mol. The number of carbonyl (C=O) groups excluding carboxylic acids is 1. The molecule has 1 aliphatic heterocycles. The van der Waals surface area contributed by atoms with Crippen LogP contribution in [0.4, 0.5) is 5.69 Å². The summed E-state index contributed by atoms with van der Waals surface area (Å²) in [5, 5.41) is 5.18. The standard InChI is InChI=1S/C27H33N3O2S/c1-3-12-28-27(31)21-8-10-24(11-9-21)30-15-13-29(14-16-30)19-26-18-23(20-33-26)22-6-5-7-25(17-22)32-4-2/h5-11,17-18,20H,3-4,12-16,19H2,1-2H3,(H,28,31). The maximum Gasteiger partial charge on any atom is 0.251 e. The molecule has 0 spiro atoms. The first-order chi connectivity index (χ1) is 16.2. The van der Waals surface area contributed by atoms with Gasteiger partial charge in [0.2, 0.25) is 0 Å². The molecule has 1 N–H and O–H groups in total. The summed E-state index contributed by atoms with van der Waals surface area (Å²) in [6.45, 7) is 10.5. The molecule has 1 aliphatic rings. The number of nitrogens with one attached hydrogen (secondary N) is 1. The number of ether oxygens (including phenoxy) is 1. The minimum absolute atomic E-state index is 0.00755. The Morgan fingerprint density at radius 1 is 1.00 bits per heavy atom. The topological polar surface area (TPSA) is 44.8 Å². The maximum atomic E-state index is 12.1. The quantitative estimate of drug-likeness (QED) is 0.469. The van der Waals surface area contributed by atoms with E-state index in [2.05, 4.69) is 63.8 Å². The molecule has 0 atom stereocenters. The summed E-state index contributed by atoms with van der Waals surface area (Å²) in [6, 6.07) is 18.6. The molecular weight excluding hydrogens is 430 g/mol. The van der Waals surface area contributed by atoms with Crippen molar-refractivity contribution in [2.45, 2.75) is 26.8 Å². The average Bonchev–Trinajstić information content (AvgIpc) is 3.32. The van der Waals surface area contributed by atoms with Crippen LogP contribution in [0.25, 0.3) is 11.1 Å². The predicted octanol–water partition coefficient (Wildman–Crippen LogP) is 5.28. The first-order valence-corrected chi connectivity index (χ1v) is 12.7. The van der Waals surface area contributed by atoms with Crippen molar-refractivity contribution in [1.29, 1.82) is 0 Å². The normalized spacial score (nSPS) is 14.3. The van der Waals surface area contributed by atoms with E-state index in [1.165, 1.54) is 21.7 Å². The molecule has 6 heteroatoms. The zero-order chi connectivity index (χ0) is 23.0. The van der Waals surface area contributed by atoms with Crippen LogP contribution in [-0.2, 0) is 6.54 Å². The van der Waals surface area contributed by atoms with E-state index >= 15 is 0 Å². The highest BCUT2D eigenvalue weighted by Gasteiger charge is 2.18. The molecule has 0 aliphatic carbocycles. The fraction of sp³-hybridized carbons (Fsp3) is 0.370. The second-order valence-corrected chi connectivity index (χ2v) is 9.32. The highest BCUT2D eigenvalue weighted by atomic mass is 32.1. The molecule has 174 valence electrons.